The van der Waals surface area contributed by atoms with Crippen molar-refractivity contribution in [2.75, 3.05) is 0 Å². The molecule has 0 saturated carbocycles. The topological polar surface area (TPSA) is 115 Å². The summed E-state index contributed by atoms with van der Waals surface area (Å²) in [5.41, 5.74) is 0. The molecule has 0 fully saturated rings. The van der Waals surface area contributed by atoms with Crippen molar-refractivity contribution in [2.24, 2.45) is 0 Å². The van der Waals surface area contributed by atoms with Crippen molar-refractivity contribution in [3.8, 4) is 0 Å². The van der Waals surface area contributed by atoms with E-state index in [0.29, 0.717) is 19.3 Å². The summed E-state index contributed by atoms with van der Waals surface area (Å²) in [7, 11) is 0. The van der Waals surface area contributed by atoms with Crippen LogP contribution in [0, 0.1) is 0 Å². The Balaban J connectivity index is 0. The van der Waals surface area contributed by atoms with Crippen LogP contribution in [0.1, 0.15) is 59.3 Å². The van der Waals surface area contributed by atoms with Crippen molar-refractivity contribution >= 4 is 29.5 Å². The number of hydrogen-bond acceptors (Lipinski definition) is 6. The maximum absolute atomic E-state index is 10.8. The molecule has 0 rings (SSSR count). The zero-order valence-corrected chi connectivity index (χ0v) is 12.6. The summed E-state index contributed by atoms with van der Waals surface area (Å²) in [6.45, 7) is 4.82. The second-order valence-corrected chi connectivity index (χ2v) is 4.29. The van der Waals surface area contributed by atoms with Gasteiger partial charge < -0.3 is 9.84 Å². The Morgan fingerprint density at radius 2 is 1.29 bits per heavy atom. The molecule has 0 heterocycles. The van der Waals surface area contributed by atoms with Crippen LogP contribution in [0.15, 0.2) is 0 Å². The first-order chi connectivity index (χ1) is 9.72. The van der Waals surface area contributed by atoms with Gasteiger partial charge in [0.05, 0.1) is 0 Å². The van der Waals surface area contributed by atoms with Gasteiger partial charge in [-0.05, 0) is 12.8 Å². The van der Waals surface area contributed by atoms with Gasteiger partial charge in [0.15, 0.2) is 0 Å². The lowest BCUT2D eigenvalue weighted by molar-refractivity contribution is -0.158. The molecule has 0 radical (unpaired) electrons. The van der Waals surface area contributed by atoms with Gasteiger partial charge in [0.1, 0.15) is 24.4 Å². The molecule has 21 heavy (non-hydrogen) atoms. The van der Waals surface area contributed by atoms with Crippen LogP contribution in [0.2, 0.25) is 0 Å². The van der Waals surface area contributed by atoms with Crippen LogP contribution in [-0.4, -0.2) is 34.6 Å². The number of carboxylic acid groups (broad SMARTS) is 1. The maximum atomic E-state index is 10.8. The average Bonchev–Trinajstić information content (AvgIpc) is 2.27. The molecular weight excluding hydrogens is 280 g/mol. The van der Waals surface area contributed by atoms with Gasteiger partial charge in [0.25, 0.3) is 0 Å². The van der Waals surface area contributed by atoms with Gasteiger partial charge in [-0.3, -0.25) is 24.0 Å². The Hall–Kier alpha value is -2.05. The number of carboxylic acids is 1. The first-order valence-electron chi connectivity index (χ1n) is 6.69. The Bertz CT molecular complexity index is 385. The third kappa shape index (κ3) is 17.9. The number of ketones is 2. The molecule has 0 amide bonds. The molecule has 0 aliphatic heterocycles. The van der Waals surface area contributed by atoms with Crippen LogP contribution in [0.4, 0.5) is 0 Å². The molecule has 7 nitrogen and oxygen atoms in total. The van der Waals surface area contributed by atoms with E-state index in [0.717, 1.165) is 13.3 Å². The number of hydrogen-bond donors (Lipinski definition) is 1. The first-order valence-corrected chi connectivity index (χ1v) is 6.69. The van der Waals surface area contributed by atoms with Crippen molar-refractivity contribution in [2.45, 2.75) is 59.3 Å². The van der Waals surface area contributed by atoms with Crippen molar-refractivity contribution < 1.29 is 33.8 Å². The molecule has 0 bridgehead atoms. The summed E-state index contributed by atoms with van der Waals surface area (Å²) in [4.78, 5) is 52.1. The van der Waals surface area contributed by atoms with Gasteiger partial charge in [-0.1, -0.05) is 13.8 Å². The Labute approximate surface area is 123 Å². The monoisotopic (exact) mass is 302 g/mol. The van der Waals surface area contributed by atoms with E-state index in [1.807, 2.05) is 13.8 Å². The van der Waals surface area contributed by atoms with Crippen molar-refractivity contribution in [3.05, 3.63) is 0 Å². The summed E-state index contributed by atoms with van der Waals surface area (Å²) < 4.78 is 4.17. The number of aliphatic carboxylic acids is 1. The van der Waals surface area contributed by atoms with E-state index in [-0.39, 0.29) is 24.4 Å². The largest absolute Gasteiger partial charge is 0.481 e. The van der Waals surface area contributed by atoms with E-state index in [1.54, 1.807) is 0 Å². The van der Waals surface area contributed by atoms with Gasteiger partial charge in [-0.15, -0.1) is 0 Å². The number of esters is 2. The predicted molar refractivity (Wildman–Crippen MR) is 73.5 cm³/mol. The molecule has 0 spiro atoms. The molecule has 7 heteroatoms. The fourth-order valence-corrected chi connectivity index (χ4v) is 1.26. The summed E-state index contributed by atoms with van der Waals surface area (Å²) >= 11 is 0. The van der Waals surface area contributed by atoms with Gasteiger partial charge in [0, 0.05) is 19.8 Å². The van der Waals surface area contributed by atoms with Crippen molar-refractivity contribution in [1.82, 2.24) is 0 Å². The van der Waals surface area contributed by atoms with Gasteiger partial charge in [0.2, 0.25) is 0 Å². The lowest BCUT2D eigenvalue weighted by atomic mass is 10.2. The van der Waals surface area contributed by atoms with E-state index in [4.69, 9.17) is 5.11 Å². The minimum Gasteiger partial charge on any atom is -0.481 e. The molecule has 0 unspecified atom stereocenters. The van der Waals surface area contributed by atoms with Crippen molar-refractivity contribution in [1.29, 1.82) is 0 Å². The third-order valence-electron chi connectivity index (χ3n) is 2.01. The molecular formula is C14H22O7. The van der Waals surface area contributed by atoms with Gasteiger partial charge in [-0.2, -0.15) is 0 Å². The van der Waals surface area contributed by atoms with Crippen LogP contribution >= 0.6 is 0 Å². The molecule has 1 N–H and O–H groups in total. The summed E-state index contributed by atoms with van der Waals surface area (Å²) in [6, 6.07) is 0. The minimum absolute atomic E-state index is 0.190. The molecule has 0 saturated heterocycles. The Morgan fingerprint density at radius 1 is 0.857 bits per heavy atom. The average molecular weight is 302 g/mol. The van der Waals surface area contributed by atoms with Crippen LogP contribution in [0.3, 0.4) is 0 Å². The van der Waals surface area contributed by atoms with Crippen molar-refractivity contribution in [3.63, 3.8) is 0 Å². The number of Topliss-reactive ketones (excluding diaryl/α,β-unsaturated/α-hetero) is 2. The molecule has 120 valence electrons. The Morgan fingerprint density at radius 3 is 1.62 bits per heavy atom. The van der Waals surface area contributed by atoms with E-state index >= 15 is 0 Å². The lowest BCUT2D eigenvalue weighted by Gasteiger charge is -1.97. The summed E-state index contributed by atoms with van der Waals surface area (Å²) in [5, 5.41) is 8.09. The summed E-state index contributed by atoms with van der Waals surface area (Å²) in [5.74, 6) is -2.85. The van der Waals surface area contributed by atoms with E-state index in [2.05, 4.69) is 4.74 Å². The van der Waals surface area contributed by atoms with Crippen LogP contribution in [0.5, 0.6) is 0 Å². The quantitative estimate of drug-likeness (QED) is 0.535. The fraction of sp³-hybridized carbons (Fsp3) is 0.643. The molecule has 0 aromatic carbocycles. The highest BCUT2D eigenvalue weighted by molar-refractivity contribution is 5.98. The first kappa shape index (κ1) is 21.3. The predicted octanol–water partition coefficient (Wildman–Crippen LogP) is 1.67. The normalized spacial score (nSPS) is 9.10. The van der Waals surface area contributed by atoms with Gasteiger partial charge >= 0.3 is 17.9 Å². The fourth-order valence-electron chi connectivity index (χ4n) is 1.26. The Kier molecular flexibility index (Phi) is 13.1. The van der Waals surface area contributed by atoms with E-state index < -0.39 is 17.9 Å². The lowest BCUT2D eigenvalue weighted by Crippen LogP contribution is -2.13. The summed E-state index contributed by atoms with van der Waals surface area (Å²) in [6.07, 6.45) is 1.54. The highest BCUT2D eigenvalue weighted by Gasteiger charge is 2.11. The molecule has 0 aliphatic rings. The SMILES string of the molecule is CCCC(=O)CC(=O)O.CCCC(=O)CC(=O)OC(C)=O. The zero-order valence-electron chi connectivity index (χ0n) is 12.6. The standard InChI is InChI=1S/C8H12O4.C6H10O3/c1-3-4-7(10)5-8(11)12-6(2)9;1-2-3-5(7)4-6(8)9/h3-5H2,1-2H3;2-4H2,1H3,(H,8,9). The van der Waals surface area contributed by atoms with E-state index in [9.17, 15) is 24.0 Å². The van der Waals surface area contributed by atoms with Crippen LogP contribution < -0.4 is 0 Å². The van der Waals surface area contributed by atoms with E-state index in [1.165, 1.54) is 0 Å². The second kappa shape index (κ2) is 13.0. The number of carbonyl (C=O) groups is 5. The minimum atomic E-state index is -1.03. The second-order valence-electron chi connectivity index (χ2n) is 4.29. The number of carbonyl (C=O) groups excluding carboxylic acids is 4. The van der Waals surface area contributed by atoms with Crippen LogP contribution in [-0.2, 0) is 28.7 Å². The van der Waals surface area contributed by atoms with Crippen LogP contribution in [0.25, 0.3) is 0 Å². The number of ether oxygens (including phenoxy) is 1. The maximum Gasteiger partial charge on any atom is 0.320 e. The number of rotatable bonds is 8. The molecule has 0 aromatic heterocycles. The smallest absolute Gasteiger partial charge is 0.320 e. The molecule has 0 atom stereocenters. The third-order valence-corrected chi connectivity index (χ3v) is 2.01. The molecule has 0 aliphatic carbocycles. The highest BCUT2D eigenvalue weighted by Crippen LogP contribution is 1.96. The van der Waals surface area contributed by atoms with Gasteiger partial charge in [-0.25, -0.2) is 0 Å². The highest BCUT2D eigenvalue weighted by atomic mass is 16.6. The zero-order chi connectivity index (χ0) is 16.8. The molecule has 0 aromatic rings.